The maximum atomic E-state index is 12.2. The van der Waals surface area contributed by atoms with Crippen LogP contribution >= 0.6 is 22.7 Å². The average Bonchev–Trinajstić information content (AvgIpc) is 3.37. The van der Waals surface area contributed by atoms with Gasteiger partial charge in [-0.3, -0.25) is 5.32 Å². The number of fused-ring (bicyclic) bond motifs is 1. The quantitative estimate of drug-likeness (QED) is 0.371. The van der Waals surface area contributed by atoms with Crippen molar-refractivity contribution >= 4 is 65.4 Å². The third kappa shape index (κ3) is 5.34. The Morgan fingerprint density at radius 2 is 2.00 bits per heavy atom. The van der Waals surface area contributed by atoms with Gasteiger partial charge in [-0.05, 0) is 29.6 Å². The molecule has 1 aromatic carbocycles. The summed E-state index contributed by atoms with van der Waals surface area (Å²) in [6, 6.07) is 7.53. The lowest BCUT2D eigenvalue weighted by Gasteiger charge is -2.07. The predicted molar refractivity (Wildman–Crippen MR) is 124 cm³/mol. The third-order valence-corrected chi connectivity index (χ3v) is 7.19. The zero-order valence-corrected chi connectivity index (χ0v) is 18.8. The van der Waals surface area contributed by atoms with Gasteiger partial charge in [0.15, 0.2) is 15.0 Å². The number of aromatic nitrogens is 3. The van der Waals surface area contributed by atoms with Crippen molar-refractivity contribution in [1.82, 2.24) is 15.0 Å². The van der Waals surface area contributed by atoms with Gasteiger partial charge < -0.3 is 10.6 Å². The van der Waals surface area contributed by atoms with Gasteiger partial charge in [0.1, 0.15) is 12.1 Å². The molecule has 4 rings (SSSR count). The first kappa shape index (κ1) is 21.2. The van der Waals surface area contributed by atoms with Crippen LogP contribution in [0.3, 0.4) is 0 Å². The summed E-state index contributed by atoms with van der Waals surface area (Å²) in [5.74, 6) is 0.804. The number of nitrogens with zero attached hydrogens (tertiary/aromatic N) is 3. The van der Waals surface area contributed by atoms with Crippen LogP contribution in [-0.4, -0.2) is 42.2 Å². The number of thiazole rings is 1. The van der Waals surface area contributed by atoms with Crippen molar-refractivity contribution in [2.24, 2.45) is 0 Å². The molecule has 3 N–H and O–H groups in total. The molecular weight excluding hydrogens is 456 g/mol. The molecule has 4 aromatic rings. The van der Waals surface area contributed by atoms with Crippen LogP contribution in [0.4, 0.5) is 21.4 Å². The van der Waals surface area contributed by atoms with Gasteiger partial charge in [-0.1, -0.05) is 6.07 Å². The highest BCUT2D eigenvalue weighted by molar-refractivity contribution is 7.90. The Morgan fingerprint density at radius 1 is 1.13 bits per heavy atom. The molecule has 0 aliphatic rings. The average molecular weight is 475 g/mol. The van der Waals surface area contributed by atoms with E-state index < -0.39 is 15.9 Å². The molecular formula is C19H18N6O3S3. The summed E-state index contributed by atoms with van der Waals surface area (Å²) in [5.41, 5.74) is 1.30. The van der Waals surface area contributed by atoms with Crippen LogP contribution in [0, 0.1) is 0 Å². The van der Waals surface area contributed by atoms with E-state index in [1.807, 2.05) is 11.4 Å². The summed E-state index contributed by atoms with van der Waals surface area (Å²) in [4.78, 5) is 26.1. The maximum absolute atomic E-state index is 12.2. The molecule has 0 radical (unpaired) electrons. The zero-order valence-electron chi connectivity index (χ0n) is 16.3. The first-order valence-corrected chi connectivity index (χ1v) is 12.7. The molecule has 0 aliphatic heterocycles. The monoisotopic (exact) mass is 474 g/mol. The lowest BCUT2D eigenvalue weighted by atomic mass is 10.3. The molecule has 3 heterocycles. The number of amides is 2. The van der Waals surface area contributed by atoms with Crippen molar-refractivity contribution in [3.63, 3.8) is 0 Å². The predicted octanol–water partition coefficient (Wildman–Crippen LogP) is 3.85. The second kappa shape index (κ2) is 8.96. The highest BCUT2D eigenvalue weighted by atomic mass is 32.2. The number of sulfone groups is 1. The van der Waals surface area contributed by atoms with E-state index in [0.717, 1.165) is 27.2 Å². The fourth-order valence-electron chi connectivity index (χ4n) is 2.76. The first-order chi connectivity index (χ1) is 14.9. The minimum Gasteiger partial charge on any atom is -0.368 e. The summed E-state index contributed by atoms with van der Waals surface area (Å²) >= 11 is 2.96. The molecule has 2 amide bonds. The van der Waals surface area contributed by atoms with Gasteiger partial charge in [-0.15, -0.1) is 22.7 Å². The largest absolute Gasteiger partial charge is 0.368 e. The van der Waals surface area contributed by atoms with Crippen LogP contribution < -0.4 is 16.0 Å². The van der Waals surface area contributed by atoms with Crippen molar-refractivity contribution in [2.75, 3.05) is 28.8 Å². The molecule has 0 unspecified atom stereocenters. The van der Waals surface area contributed by atoms with Crippen molar-refractivity contribution in [1.29, 1.82) is 0 Å². The van der Waals surface area contributed by atoms with Crippen molar-refractivity contribution in [3.8, 4) is 0 Å². The van der Waals surface area contributed by atoms with Crippen LogP contribution in [0.1, 0.15) is 4.88 Å². The number of hydrogen-bond acceptors (Lipinski definition) is 9. The molecule has 3 aromatic heterocycles. The summed E-state index contributed by atoms with van der Waals surface area (Å²) < 4.78 is 24.3. The Morgan fingerprint density at radius 3 is 2.84 bits per heavy atom. The van der Waals surface area contributed by atoms with Crippen molar-refractivity contribution in [2.45, 2.75) is 11.3 Å². The number of nitrogens with one attached hydrogen (secondary N) is 3. The molecule has 0 fully saturated rings. The van der Waals surface area contributed by atoms with Crippen LogP contribution in [0.25, 0.3) is 10.2 Å². The van der Waals surface area contributed by atoms with E-state index in [1.54, 1.807) is 29.7 Å². The van der Waals surface area contributed by atoms with Gasteiger partial charge in [-0.25, -0.2) is 28.2 Å². The molecule has 0 atom stereocenters. The number of carbonyl (C=O) groups is 1. The van der Waals surface area contributed by atoms with Gasteiger partial charge in [0.05, 0.1) is 15.1 Å². The molecule has 0 saturated heterocycles. The number of urea groups is 1. The molecule has 0 aliphatic carbocycles. The van der Waals surface area contributed by atoms with Gasteiger partial charge >= 0.3 is 6.03 Å². The first-order valence-electron chi connectivity index (χ1n) is 9.13. The summed E-state index contributed by atoms with van der Waals surface area (Å²) in [6.45, 7) is 0.663. The van der Waals surface area contributed by atoms with Gasteiger partial charge in [-0.2, -0.15) is 0 Å². The normalized spacial score (nSPS) is 11.4. The Hall–Kier alpha value is -3.09. The lowest BCUT2D eigenvalue weighted by molar-refractivity contribution is 0.262. The highest BCUT2D eigenvalue weighted by Gasteiger charge is 2.11. The van der Waals surface area contributed by atoms with E-state index in [2.05, 4.69) is 30.9 Å². The smallest absolute Gasteiger partial charge is 0.325 e. The van der Waals surface area contributed by atoms with Gasteiger partial charge in [0, 0.05) is 36.0 Å². The fourth-order valence-corrected chi connectivity index (χ4v) is 5.05. The molecule has 160 valence electrons. The Kier molecular flexibility index (Phi) is 6.11. The highest BCUT2D eigenvalue weighted by Crippen LogP contribution is 2.25. The molecule has 0 saturated carbocycles. The van der Waals surface area contributed by atoms with Gasteiger partial charge in [0.25, 0.3) is 0 Å². The summed E-state index contributed by atoms with van der Waals surface area (Å²) in [7, 11) is -3.35. The van der Waals surface area contributed by atoms with Crippen LogP contribution in [0.15, 0.2) is 53.1 Å². The Labute approximate surface area is 186 Å². The zero-order chi connectivity index (χ0) is 21.8. The number of hydrogen-bond donors (Lipinski definition) is 3. The topological polar surface area (TPSA) is 126 Å². The lowest BCUT2D eigenvalue weighted by Crippen LogP contribution is -2.19. The molecule has 31 heavy (non-hydrogen) atoms. The standard InChI is InChI=1S/C19H18N6O3S3/c1-31(27,28)14-4-2-3-12(9-14)24-18(26)25-19-21-10-13(30-19)5-7-20-17-16-15(6-8-29-16)22-11-23-17/h2-4,6,8-11H,5,7H2,1H3,(H,20,22,23)(H2,21,24,25,26). The number of benzene rings is 1. The fraction of sp³-hybridized carbons (Fsp3) is 0.158. The molecule has 0 spiro atoms. The number of rotatable bonds is 7. The second-order valence-corrected chi connectivity index (χ2v) is 10.6. The SMILES string of the molecule is CS(=O)(=O)c1cccc(NC(=O)Nc2ncc(CCNc3ncnc4ccsc34)s2)c1. The molecule has 12 heteroatoms. The number of carbonyl (C=O) groups excluding carboxylic acids is 1. The minimum absolute atomic E-state index is 0.137. The van der Waals surface area contributed by atoms with Crippen molar-refractivity contribution < 1.29 is 13.2 Å². The third-order valence-electron chi connectivity index (χ3n) is 4.20. The molecule has 9 nitrogen and oxygen atoms in total. The number of anilines is 3. The van der Waals surface area contributed by atoms with E-state index in [4.69, 9.17) is 0 Å². The van der Waals surface area contributed by atoms with E-state index in [1.165, 1.54) is 29.8 Å². The van der Waals surface area contributed by atoms with E-state index in [9.17, 15) is 13.2 Å². The summed E-state index contributed by atoms with van der Waals surface area (Å²) in [5, 5.41) is 11.0. The van der Waals surface area contributed by atoms with E-state index >= 15 is 0 Å². The summed E-state index contributed by atoms with van der Waals surface area (Å²) in [6.07, 6.45) is 5.09. The van der Waals surface area contributed by atoms with Gasteiger partial charge in [0.2, 0.25) is 0 Å². The molecule has 0 bridgehead atoms. The van der Waals surface area contributed by atoms with Crippen LogP contribution in [0.5, 0.6) is 0 Å². The second-order valence-electron chi connectivity index (χ2n) is 6.54. The Bertz CT molecular complexity index is 1330. The van der Waals surface area contributed by atoms with Crippen LogP contribution in [0.2, 0.25) is 0 Å². The van der Waals surface area contributed by atoms with E-state index in [0.29, 0.717) is 23.8 Å². The Balaban J connectivity index is 1.31. The number of thiophene rings is 1. The van der Waals surface area contributed by atoms with E-state index in [-0.39, 0.29) is 4.90 Å². The minimum atomic E-state index is -3.35. The van der Waals surface area contributed by atoms with Crippen molar-refractivity contribution in [3.05, 3.63) is 53.1 Å². The maximum Gasteiger partial charge on any atom is 0.325 e. The van der Waals surface area contributed by atoms with Crippen LogP contribution in [-0.2, 0) is 16.3 Å².